The molecule has 2 aliphatic rings. The number of nitrogens with one attached hydrogen (secondary N) is 1. The van der Waals surface area contributed by atoms with E-state index >= 15 is 0 Å². The van der Waals surface area contributed by atoms with Crippen LogP contribution in [0, 0.1) is 0 Å². The van der Waals surface area contributed by atoms with Gasteiger partial charge in [0.25, 0.3) is 10.0 Å². The van der Waals surface area contributed by atoms with Crippen LogP contribution in [-0.2, 0) is 16.6 Å². The number of ether oxygens (including phenoxy) is 1. The lowest BCUT2D eigenvalue weighted by molar-refractivity contribution is 0.101. The third-order valence-corrected chi connectivity index (χ3v) is 8.81. The first-order chi connectivity index (χ1) is 18.3. The second-order valence-electron chi connectivity index (χ2n) is 9.26. The molecule has 0 amide bonds. The van der Waals surface area contributed by atoms with Crippen LogP contribution in [0.25, 0.3) is 17.0 Å². The second-order valence-corrected chi connectivity index (χ2v) is 11.5. The number of para-hydroxylation sites is 1. The van der Waals surface area contributed by atoms with E-state index in [2.05, 4.69) is 10.2 Å². The van der Waals surface area contributed by atoms with Crippen LogP contribution >= 0.6 is 36.4 Å². The molecule has 8 nitrogen and oxygen atoms in total. The number of ketones is 1. The Morgan fingerprint density at radius 3 is 2.42 bits per heavy atom. The van der Waals surface area contributed by atoms with Crippen molar-refractivity contribution in [3.8, 4) is 11.5 Å². The quantitative estimate of drug-likeness (QED) is 0.299. The zero-order chi connectivity index (χ0) is 26.4. The third-order valence-electron chi connectivity index (χ3n) is 6.87. The number of aromatic nitrogens is 1. The third kappa shape index (κ3) is 5.33. The lowest BCUT2D eigenvalue weighted by Gasteiger charge is -2.27. The van der Waals surface area contributed by atoms with E-state index in [9.17, 15) is 18.3 Å². The van der Waals surface area contributed by atoms with E-state index in [1.807, 2.05) is 0 Å². The molecule has 1 fully saturated rings. The van der Waals surface area contributed by atoms with Crippen LogP contribution in [0.3, 0.4) is 0 Å². The summed E-state index contributed by atoms with van der Waals surface area (Å²) in [7, 11) is -3.93. The zero-order valence-corrected chi connectivity index (χ0v) is 24.2. The summed E-state index contributed by atoms with van der Waals surface area (Å²) in [5, 5.41) is 15.0. The van der Waals surface area contributed by atoms with Crippen molar-refractivity contribution in [2.45, 2.75) is 11.4 Å². The predicted molar refractivity (Wildman–Crippen MR) is 160 cm³/mol. The van der Waals surface area contributed by atoms with Crippen LogP contribution in [0.5, 0.6) is 11.5 Å². The van der Waals surface area contributed by atoms with Gasteiger partial charge in [-0.3, -0.25) is 9.69 Å². The van der Waals surface area contributed by atoms with E-state index in [1.54, 1.807) is 36.4 Å². The molecular formula is C28H26Cl3N3O5S. The number of carbonyl (C=O) groups excluding carboxylic acids is 1. The van der Waals surface area contributed by atoms with Crippen molar-refractivity contribution in [1.29, 1.82) is 0 Å². The zero-order valence-electron chi connectivity index (χ0n) is 21.0. The van der Waals surface area contributed by atoms with Gasteiger partial charge in [0.1, 0.15) is 11.5 Å². The lowest BCUT2D eigenvalue weighted by atomic mass is 10.0. The number of carbonyl (C=O) groups is 1. The number of hydrogen-bond donors (Lipinski definition) is 2. The Hall–Kier alpha value is -3.05. The van der Waals surface area contributed by atoms with Crippen molar-refractivity contribution in [3.05, 3.63) is 94.3 Å². The highest BCUT2D eigenvalue weighted by Gasteiger charge is 2.32. The van der Waals surface area contributed by atoms with E-state index < -0.39 is 10.0 Å². The summed E-state index contributed by atoms with van der Waals surface area (Å²) in [6.45, 7) is 3.80. The Balaban J connectivity index is 0.00000185. The molecule has 1 aromatic heterocycles. The molecule has 3 aromatic carbocycles. The largest absolute Gasteiger partial charge is 0.507 e. The number of rotatable bonds is 5. The Kier molecular flexibility index (Phi) is 8.84. The topological polar surface area (TPSA) is 101 Å². The standard InChI is InChI=1S/C28H24ClN3O5S.2ClH/c29-19-5-7-20(8-6-19)38(35,36)32-16-18(21-3-1-2-4-24(21)32)15-26-27(34)22-9-10-25(33)23(28(22)37-26)17-31-13-11-30-12-14-31;;/h1-10,15-16,30,33H,11-14,17H2;2*1H. The molecule has 2 aliphatic heterocycles. The molecule has 12 heteroatoms. The highest BCUT2D eigenvalue weighted by atomic mass is 35.5. The van der Waals surface area contributed by atoms with E-state index in [1.165, 1.54) is 40.5 Å². The molecule has 0 aliphatic carbocycles. The van der Waals surface area contributed by atoms with Crippen molar-refractivity contribution in [2.75, 3.05) is 26.2 Å². The molecule has 0 unspecified atom stereocenters. The number of Topliss-reactive ketones (excluding diaryl/α,β-unsaturated/α-hetero) is 1. The molecule has 3 heterocycles. The molecule has 0 spiro atoms. The van der Waals surface area contributed by atoms with Crippen molar-refractivity contribution in [3.63, 3.8) is 0 Å². The number of halogens is 3. The Morgan fingerprint density at radius 1 is 1.00 bits per heavy atom. The van der Waals surface area contributed by atoms with Gasteiger partial charge in [-0.15, -0.1) is 24.8 Å². The fourth-order valence-electron chi connectivity index (χ4n) is 4.89. The normalized spacial score (nSPS) is 16.3. The van der Waals surface area contributed by atoms with E-state index in [-0.39, 0.29) is 47.0 Å². The predicted octanol–water partition coefficient (Wildman–Crippen LogP) is 5.10. The number of nitrogens with zero attached hydrogens (tertiary/aromatic N) is 2. The lowest BCUT2D eigenvalue weighted by Crippen LogP contribution is -2.42. The molecule has 2 N–H and O–H groups in total. The molecule has 40 heavy (non-hydrogen) atoms. The van der Waals surface area contributed by atoms with Crippen LogP contribution in [0.1, 0.15) is 21.5 Å². The number of aromatic hydroxyl groups is 1. The molecule has 0 saturated carbocycles. The van der Waals surface area contributed by atoms with Crippen molar-refractivity contribution in [2.24, 2.45) is 0 Å². The molecule has 210 valence electrons. The fourth-order valence-corrected chi connectivity index (χ4v) is 6.40. The van der Waals surface area contributed by atoms with E-state index in [4.69, 9.17) is 16.3 Å². The Bertz CT molecular complexity index is 1710. The van der Waals surface area contributed by atoms with E-state index in [0.717, 1.165) is 26.2 Å². The first-order valence-electron chi connectivity index (χ1n) is 12.2. The highest BCUT2D eigenvalue weighted by molar-refractivity contribution is 7.90. The molecule has 0 radical (unpaired) electrons. The van der Waals surface area contributed by atoms with Crippen molar-refractivity contribution < 1.29 is 23.1 Å². The maximum absolute atomic E-state index is 13.5. The summed E-state index contributed by atoms with van der Waals surface area (Å²) in [5.74, 6) is 0.164. The first-order valence-corrected chi connectivity index (χ1v) is 14.0. The number of fused-ring (bicyclic) bond motifs is 2. The average Bonchev–Trinajstić information content (AvgIpc) is 3.45. The summed E-state index contributed by atoms with van der Waals surface area (Å²) in [6, 6.07) is 16.1. The van der Waals surface area contributed by atoms with Gasteiger partial charge in [0.2, 0.25) is 5.78 Å². The van der Waals surface area contributed by atoms with Crippen molar-refractivity contribution in [1.82, 2.24) is 14.2 Å². The van der Waals surface area contributed by atoms with Gasteiger partial charge in [-0.2, -0.15) is 0 Å². The summed E-state index contributed by atoms with van der Waals surface area (Å²) in [6.07, 6.45) is 3.05. The van der Waals surface area contributed by atoms with Gasteiger partial charge in [-0.25, -0.2) is 12.4 Å². The molecule has 0 bridgehead atoms. The Morgan fingerprint density at radius 2 is 1.70 bits per heavy atom. The van der Waals surface area contributed by atoms with Crippen LogP contribution in [0.15, 0.2) is 77.5 Å². The van der Waals surface area contributed by atoms with Gasteiger partial charge in [0.15, 0.2) is 5.76 Å². The summed E-state index contributed by atoms with van der Waals surface area (Å²) >= 11 is 5.95. The molecular weight excluding hydrogens is 597 g/mol. The summed E-state index contributed by atoms with van der Waals surface area (Å²) in [5.41, 5.74) is 1.92. The van der Waals surface area contributed by atoms with Crippen LogP contribution in [-0.4, -0.2) is 54.4 Å². The number of hydrogen-bond acceptors (Lipinski definition) is 7. The summed E-state index contributed by atoms with van der Waals surface area (Å²) in [4.78, 5) is 15.6. The minimum atomic E-state index is -3.93. The SMILES string of the molecule is Cl.Cl.O=C1C(=Cc2cn(S(=O)(=O)c3ccc(Cl)cc3)c3ccccc23)Oc2c1ccc(O)c2CN1CCNCC1. The minimum absolute atomic E-state index is 0. The first kappa shape index (κ1) is 29.9. The van der Waals surface area contributed by atoms with Gasteiger partial charge >= 0.3 is 0 Å². The van der Waals surface area contributed by atoms with Gasteiger partial charge < -0.3 is 15.2 Å². The number of allylic oxidation sites excluding steroid dienone is 1. The molecule has 1 saturated heterocycles. The maximum atomic E-state index is 13.5. The van der Waals surface area contributed by atoms with E-state index in [0.29, 0.717) is 44.9 Å². The smallest absolute Gasteiger partial charge is 0.268 e. The highest BCUT2D eigenvalue weighted by Crippen LogP contribution is 2.41. The monoisotopic (exact) mass is 621 g/mol. The number of benzene rings is 3. The Labute approximate surface area is 249 Å². The fraction of sp³-hybridized carbons (Fsp3) is 0.179. The van der Waals surface area contributed by atoms with Crippen LogP contribution < -0.4 is 10.1 Å². The van der Waals surface area contributed by atoms with Gasteiger partial charge in [0.05, 0.1) is 21.5 Å². The maximum Gasteiger partial charge on any atom is 0.268 e. The number of piperazine rings is 1. The number of phenols is 1. The second kappa shape index (κ2) is 11.8. The van der Waals surface area contributed by atoms with Crippen molar-refractivity contribution >= 4 is 69.2 Å². The van der Waals surface area contributed by atoms with Crippen LogP contribution in [0.2, 0.25) is 5.02 Å². The van der Waals surface area contributed by atoms with Gasteiger partial charge in [-0.1, -0.05) is 29.8 Å². The molecule has 6 rings (SSSR count). The molecule has 0 atom stereocenters. The summed E-state index contributed by atoms with van der Waals surface area (Å²) < 4.78 is 34.2. The number of phenolic OH excluding ortho intramolecular Hbond substituents is 1. The van der Waals surface area contributed by atoms with Gasteiger partial charge in [0, 0.05) is 54.9 Å². The average molecular weight is 623 g/mol. The van der Waals surface area contributed by atoms with Crippen LogP contribution in [0.4, 0.5) is 0 Å². The minimum Gasteiger partial charge on any atom is -0.507 e. The molecule has 4 aromatic rings. The van der Waals surface area contributed by atoms with Gasteiger partial charge in [-0.05, 0) is 48.5 Å².